The van der Waals surface area contributed by atoms with E-state index < -0.39 is 6.10 Å². The molecule has 11 atom stereocenters. The fourth-order valence-corrected chi connectivity index (χ4v) is 9.72. The van der Waals surface area contributed by atoms with Gasteiger partial charge < -0.3 is 19.7 Å². The summed E-state index contributed by atoms with van der Waals surface area (Å²) in [5, 5.41) is 21.7. The molecule has 1 saturated heterocycles. The zero-order valence-electron chi connectivity index (χ0n) is 21.9. The maximum atomic E-state index is 12.5. The Morgan fingerprint density at radius 3 is 2.60 bits per heavy atom. The van der Waals surface area contributed by atoms with Crippen molar-refractivity contribution in [3.8, 4) is 0 Å². The third-order valence-electron chi connectivity index (χ3n) is 11.5. The Hall–Kier alpha value is -0.980. The summed E-state index contributed by atoms with van der Waals surface area (Å²) < 4.78 is 10.7. The molecule has 0 radical (unpaired) electrons. The Labute approximate surface area is 210 Å². The lowest BCUT2D eigenvalue weighted by Crippen LogP contribution is -2.58. The van der Waals surface area contributed by atoms with Crippen LogP contribution in [0.2, 0.25) is 0 Å². The predicted molar refractivity (Wildman–Crippen MR) is 131 cm³/mol. The molecule has 0 aromatic rings. The van der Waals surface area contributed by atoms with Crippen molar-refractivity contribution in [2.24, 2.45) is 46.3 Å². The van der Waals surface area contributed by atoms with Crippen LogP contribution in [0.3, 0.4) is 0 Å². The van der Waals surface area contributed by atoms with Crippen molar-refractivity contribution in [1.29, 1.82) is 0 Å². The Morgan fingerprint density at radius 1 is 1.09 bits per heavy atom. The van der Waals surface area contributed by atoms with E-state index in [1.54, 1.807) is 0 Å². The molecule has 5 fully saturated rings. The highest BCUT2D eigenvalue weighted by Crippen LogP contribution is 2.68. The number of esters is 1. The Morgan fingerprint density at radius 2 is 1.83 bits per heavy atom. The number of rotatable bonds is 5. The molecule has 0 aromatic carbocycles. The third-order valence-corrected chi connectivity index (χ3v) is 11.5. The molecule has 4 saturated carbocycles. The Balaban J connectivity index is 1.21. The van der Waals surface area contributed by atoms with Crippen LogP contribution in [0.4, 0.5) is 0 Å². The van der Waals surface area contributed by atoms with Gasteiger partial charge in [0.2, 0.25) is 0 Å². The largest absolute Gasteiger partial charge is 0.459 e. The highest BCUT2D eigenvalue weighted by atomic mass is 16.6. The minimum Gasteiger partial charge on any atom is -0.459 e. The molecule has 0 spiro atoms. The summed E-state index contributed by atoms with van der Waals surface area (Å²) in [6, 6.07) is 0. The fourth-order valence-electron chi connectivity index (χ4n) is 9.72. The number of hydrogen-bond donors (Lipinski definition) is 2. The quantitative estimate of drug-likeness (QED) is 0.559. The highest BCUT2D eigenvalue weighted by Gasteiger charge is 2.62. The molecule has 0 bridgehead atoms. The van der Waals surface area contributed by atoms with Crippen molar-refractivity contribution < 1.29 is 29.3 Å². The Bertz CT molecular complexity index is 813. The van der Waals surface area contributed by atoms with Gasteiger partial charge in [-0.3, -0.25) is 9.59 Å². The van der Waals surface area contributed by atoms with Gasteiger partial charge in [0, 0.05) is 12.8 Å². The van der Waals surface area contributed by atoms with E-state index in [1.165, 1.54) is 25.7 Å². The number of hydrogen-bond acceptors (Lipinski definition) is 6. The first kappa shape index (κ1) is 25.7. The van der Waals surface area contributed by atoms with Gasteiger partial charge in [0.1, 0.15) is 12.7 Å². The molecule has 2 N–H and O–H groups in total. The SMILES string of the molecule is CC(CCC(=O)OC1COCC(=O)C1)C1CCC2C3C(O)CC4CC(O)CCC4(C)C3CCC12C. The second-order valence-electron chi connectivity index (χ2n) is 13.3. The average Bonchev–Trinajstić information content (AvgIpc) is 3.16. The third kappa shape index (κ3) is 4.61. The van der Waals surface area contributed by atoms with Crippen LogP contribution in [0.15, 0.2) is 0 Å². The van der Waals surface area contributed by atoms with Gasteiger partial charge in [0.05, 0.1) is 18.8 Å². The van der Waals surface area contributed by atoms with Crippen LogP contribution in [-0.2, 0) is 19.1 Å². The van der Waals surface area contributed by atoms with Crippen molar-refractivity contribution >= 4 is 11.8 Å². The average molecular weight is 491 g/mol. The Kier molecular flexibility index (Phi) is 7.13. The summed E-state index contributed by atoms with van der Waals surface area (Å²) in [5.74, 6) is 2.69. The normalized spacial score (nSPS) is 48.4. The maximum Gasteiger partial charge on any atom is 0.306 e. The number of fused-ring (bicyclic) bond motifs is 5. The van der Waals surface area contributed by atoms with E-state index in [4.69, 9.17) is 9.47 Å². The summed E-state index contributed by atoms with van der Waals surface area (Å²) in [6.07, 6.45) is 9.04. The molecular formula is C29H46O6. The molecule has 1 heterocycles. The molecule has 5 aliphatic rings. The highest BCUT2D eigenvalue weighted by molar-refractivity contribution is 5.81. The zero-order valence-corrected chi connectivity index (χ0v) is 21.9. The molecule has 6 heteroatoms. The summed E-state index contributed by atoms with van der Waals surface area (Å²) in [6.45, 7) is 7.67. The van der Waals surface area contributed by atoms with Crippen LogP contribution in [0.5, 0.6) is 0 Å². The summed E-state index contributed by atoms with van der Waals surface area (Å²) >= 11 is 0. The first-order valence-electron chi connectivity index (χ1n) is 14.3. The molecule has 0 aromatic heterocycles. The van der Waals surface area contributed by atoms with E-state index in [0.717, 1.165) is 32.1 Å². The van der Waals surface area contributed by atoms with Crippen LogP contribution in [0.25, 0.3) is 0 Å². The lowest BCUT2D eigenvalue weighted by molar-refractivity contribution is -0.174. The molecule has 6 nitrogen and oxygen atoms in total. The summed E-state index contributed by atoms with van der Waals surface area (Å²) in [7, 11) is 0. The number of ether oxygens (including phenoxy) is 2. The minimum atomic E-state index is -0.429. The van der Waals surface area contributed by atoms with Gasteiger partial charge in [0.15, 0.2) is 5.78 Å². The van der Waals surface area contributed by atoms with Crippen molar-refractivity contribution in [2.45, 2.75) is 110 Å². The van der Waals surface area contributed by atoms with E-state index in [0.29, 0.717) is 48.5 Å². The van der Waals surface area contributed by atoms with Crippen molar-refractivity contribution in [1.82, 2.24) is 0 Å². The zero-order chi connectivity index (χ0) is 25.0. The van der Waals surface area contributed by atoms with Crippen molar-refractivity contribution in [3.05, 3.63) is 0 Å². The summed E-state index contributed by atoms with van der Waals surface area (Å²) in [5.41, 5.74) is 0.467. The van der Waals surface area contributed by atoms with Crippen LogP contribution < -0.4 is 0 Å². The molecular weight excluding hydrogens is 444 g/mol. The number of carbonyl (C=O) groups excluding carboxylic acids is 2. The fraction of sp³-hybridized carbons (Fsp3) is 0.931. The lowest BCUT2D eigenvalue weighted by Gasteiger charge is -2.62. The minimum absolute atomic E-state index is 0.00238. The van der Waals surface area contributed by atoms with Gasteiger partial charge in [-0.25, -0.2) is 0 Å². The van der Waals surface area contributed by atoms with Crippen LogP contribution >= 0.6 is 0 Å². The van der Waals surface area contributed by atoms with Gasteiger partial charge in [0.25, 0.3) is 0 Å². The molecule has 5 rings (SSSR count). The molecule has 198 valence electrons. The van der Waals surface area contributed by atoms with E-state index in [9.17, 15) is 19.8 Å². The molecule has 4 aliphatic carbocycles. The molecule has 1 aliphatic heterocycles. The van der Waals surface area contributed by atoms with E-state index >= 15 is 0 Å². The van der Waals surface area contributed by atoms with E-state index in [2.05, 4.69) is 20.8 Å². The topological polar surface area (TPSA) is 93.1 Å². The number of ketones is 1. The van der Waals surface area contributed by atoms with Gasteiger partial charge in [-0.2, -0.15) is 0 Å². The van der Waals surface area contributed by atoms with Crippen LogP contribution in [0, 0.1) is 46.3 Å². The van der Waals surface area contributed by atoms with E-state index in [-0.39, 0.29) is 47.8 Å². The van der Waals surface area contributed by atoms with Crippen molar-refractivity contribution in [3.63, 3.8) is 0 Å². The van der Waals surface area contributed by atoms with E-state index in [1.807, 2.05) is 0 Å². The summed E-state index contributed by atoms with van der Waals surface area (Å²) in [4.78, 5) is 24.0. The first-order valence-corrected chi connectivity index (χ1v) is 14.3. The van der Waals surface area contributed by atoms with Crippen molar-refractivity contribution in [2.75, 3.05) is 13.2 Å². The van der Waals surface area contributed by atoms with Gasteiger partial charge >= 0.3 is 5.97 Å². The molecule has 35 heavy (non-hydrogen) atoms. The lowest BCUT2D eigenvalue weighted by atomic mass is 9.43. The standard InChI is InChI=1S/C29H46O6/c1-17(4-7-26(33)35-21-14-20(31)15-34-16-21)22-5-6-23-27-24(9-11-29(22,23)3)28(2)10-8-19(30)12-18(28)13-25(27)32/h17-19,21-25,27,30,32H,4-16H2,1-3H3. The molecule has 11 unspecified atom stereocenters. The number of Topliss-reactive ketones (excluding diaryl/α,β-unsaturated/α-hetero) is 1. The predicted octanol–water partition coefficient (Wildman–Crippen LogP) is 4.29. The smallest absolute Gasteiger partial charge is 0.306 e. The van der Waals surface area contributed by atoms with Gasteiger partial charge in [-0.05, 0) is 104 Å². The second-order valence-corrected chi connectivity index (χ2v) is 13.3. The van der Waals surface area contributed by atoms with Crippen LogP contribution in [-0.4, -0.2) is 53.5 Å². The number of aliphatic hydroxyl groups is 2. The number of aliphatic hydroxyl groups excluding tert-OH is 2. The van der Waals surface area contributed by atoms with Gasteiger partial charge in [-0.1, -0.05) is 20.8 Å². The molecule has 0 amide bonds. The monoisotopic (exact) mass is 490 g/mol. The number of carbonyl (C=O) groups is 2. The van der Waals surface area contributed by atoms with Crippen LogP contribution in [0.1, 0.15) is 91.4 Å². The second kappa shape index (κ2) is 9.72. The van der Waals surface area contributed by atoms with Gasteiger partial charge in [-0.15, -0.1) is 0 Å². The first-order chi connectivity index (χ1) is 16.6. The maximum absolute atomic E-state index is 12.5.